The zero-order valence-corrected chi connectivity index (χ0v) is 19.3. The van der Waals surface area contributed by atoms with Crippen LogP contribution in [0.25, 0.3) is 0 Å². The number of carbonyl (C=O) groups is 1. The van der Waals surface area contributed by atoms with E-state index < -0.39 is 39.1 Å². The molecule has 0 aromatic heterocycles. The molecule has 7 nitrogen and oxygen atoms in total. The van der Waals surface area contributed by atoms with E-state index in [-0.39, 0.29) is 43.1 Å². The second-order valence-corrected chi connectivity index (χ2v) is 10.5. The van der Waals surface area contributed by atoms with Crippen molar-refractivity contribution in [3.05, 3.63) is 65.5 Å². The predicted molar refractivity (Wildman–Crippen MR) is 118 cm³/mol. The maximum absolute atomic E-state index is 13.1. The van der Waals surface area contributed by atoms with E-state index in [2.05, 4.69) is 10.5 Å². The summed E-state index contributed by atoms with van der Waals surface area (Å²) < 4.78 is 78.5. The summed E-state index contributed by atoms with van der Waals surface area (Å²) >= 11 is 0. The van der Waals surface area contributed by atoms with Gasteiger partial charge in [0.1, 0.15) is 17.1 Å². The van der Waals surface area contributed by atoms with Crippen LogP contribution in [-0.4, -0.2) is 49.6 Å². The second kappa shape index (κ2) is 9.57. The summed E-state index contributed by atoms with van der Waals surface area (Å²) in [5.41, 5.74) is -0.938. The maximum atomic E-state index is 13.1. The number of halogens is 4. The van der Waals surface area contributed by atoms with E-state index in [1.807, 2.05) is 0 Å². The Morgan fingerprint density at radius 3 is 2.46 bits per heavy atom. The first-order valence-electron chi connectivity index (χ1n) is 10.9. The normalized spacial score (nSPS) is 18.2. The Kier molecular flexibility index (Phi) is 6.87. The predicted octanol–water partition coefficient (Wildman–Crippen LogP) is 3.50. The van der Waals surface area contributed by atoms with E-state index in [9.17, 15) is 30.8 Å². The van der Waals surface area contributed by atoms with E-state index in [0.29, 0.717) is 18.4 Å². The Hall–Kier alpha value is -2.99. The minimum absolute atomic E-state index is 0.000669. The maximum Gasteiger partial charge on any atom is 0.416 e. The molecule has 0 atom stereocenters. The SMILES string of the molecule is O=C(NCCc1cccc(C(F)(F)F)c1)C1=NOC2(CCN(S(=O)(=O)c3ccc(F)cc3)CC2)C1. The molecule has 1 N–H and O–H groups in total. The van der Waals surface area contributed by atoms with Crippen LogP contribution < -0.4 is 5.32 Å². The molecule has 2 aliphatic rings. The molecular formula is C23H23F4N3O4S. The van der Waals surface area contributed by atoms with Gasteiger partial charge in [0.15, 0.2) is 0 Å². The van der Waals surface area contributed by atoms with Crippen molar-refractivity contribution in [2.24, 2.45) is 5.16 Å². The number of hydrogen-bond donors (Lipinski definition) is 1. The van der Waals surface area contributed by atoms with Gasteiger partial charge in [0.25, 0.3) is 5.91 Å². The number of hydrogen-bond acceptors (Lipinski definition) is 5. The molecule has 0 bridgehead atoms. The molecule has 0 aliphatic carbocycles. The van der Waals surface area contributed by atoms with Crippen molar-refractivity contribution in [2.45, 2.75) is 42.4 Å². The van der Waals surface area contributed by atoms with Gasteiger partial charge in [-0.1, -0.05) is 23.4 Å². The van der Waals surface area contributed by atoms with Gasteiger partial charge in [-0.3, -0.25) is 4.79 Å². The van der Waals surface area contributed by atoms with Gasteiger partial charge in [0, 0.05) is 38.9 Å². The van der Waals surface area contributed by atoms with Crippen LogP contribution in [0.2, 0.25) is 0 Å². The lowest BCUT2D eigenvalue weighted by atomic mass is 9.87. The van der Waals surface area contributed by atoms with Crippen molar-refractivity contribution in [3.8, 4) is 0 Å². The van der Waals surface area contributed by atoms with E-state index in [1.54, 1.807) is 6.07 Å². The highest BCUT2D eigenvalue weighted by molar-refractivity contribution is 7.89. The first-order valence-corrected chi connectivity index (χ1v) is 12.4. The third-order valence-electron chi connectivity index (χ3n) is 6.14. The number of amides is 1. The minimum atomic E-state index is -4.43. The highest BCUT2D eigenvalue weighted by Gasteiger charge is 2.45. The second-order valence-electron chi connectivity index (χ2n) is 8.55. The van der Waals surface area contributed by atoms with Crippen LogP contribution in [0.5, 0.6) is 0 Å². The van der Waals surface area contributed by atoms with Crippen LogP contribution in [-0.2, 0) is 32.3 Å². The van der Waals surface area contributed by atoms with Crippen LogP contribution in [0.15, 0.2) is 58.6 Å². The molecule has 2 aliphatic heterocycles. The third-order valence-corrected chi connectivity index (χ3v) is 8.05. The fourth-order valence-electron chi connectivity index (χ4n) is 4.13. The molecule has 2 aromatic carbocycles. The molecule has 0 radical (unpaired) electrons. The number of sulfonamides is 1. The summed E-state index contributed by atoms with van der Waals surface area (Å²) in [4.78, 5) is 18.0. The highest BCUT2D eigenvalue weighted by Crippen LogP contribution is 2.36. The first-order chi connectivity index (χ1) is 16.5. The lowest BCUT2D eigenvalue weighted by Gasteiger charge is -2.36. The van der Waals surface area contributed by atoms with Crippen molar-refractivity contribution in [1.82, 2.24) is 9.62 Å². The molecule has 35 heavy (non-hydrogen) atoms. The molecule has 12 heteroatoms. The monoisotopic (exact) mass is 513 g/mol. The van der Waals surface area contributed by atoms with Crippen molar-refractivity contribution in [2.75, 3.05) is 19.6 Å². The summed E-state index contributed by atoms with van der Waals surface area (Å²) in [7, 11) is -3.78. The van der Waals surface area contributed by atoms with Crippen LogP contribution in [0, 0.1) is 5.82 Å². The number of piperidine rings is 1. The van der Waals surface area contributed by atoms with Gasteiger partial charge in [-0.25, -0.2) is 12.8 Å². The largest absolute Gasteiger partial charge is 0.416 e. The number of oxime groups is 1. The van der Waals surface area contributed by atoms with Gasteiger partial charge in [0.05, 0.1) is 10.5 Å². The summed E-state index contributed by atoms with van der Waals surface area (Å²) in [6, 6.07) is 9.52. The Morgan fingerprint density at radius 2 is 1.80 bits per heavy atom. The van der Waals surface area contributed by atoms with E-state index in [4.69, 9.17) is 4.84 Å². The lowest BCUT2D eigenvalue weighted by molar-refractivity contribution is -0.137. The van der Waals surface area contributed by atoms with Gasteiger partial charge in [-0.2, -0.15) is 17.5 Å². The number of carbonyl (C=O) groups excluding carboxylic acids is 1. The van der Waals surface area contributed by atoms with E-state index in [0.717, 1.165) is 24.3 Å². The van der Waals surface area contributed by atoms with Crippen LogP contribution in [0.3, 0.4) is 0 Å². The van der Waals surface area contributed by atoms with E-state index >= 15 is 0 Å². The zero-order chi connectivity index (χ0) is 25.3. The smallest absolute Gasteiger partial charge is 0.388 e. The quantitative estimate of drug-likeness (QED) is 0.599. The molecule has 1 amide bonds. The fraction of sp³-hybridized carbons (Fsp3) is 0.391. The Labute approximate surface area is 199 Å². The molecule has 2 aromatic rings. The van der Waals surface area contributed by atoms with Crippen LogP contribution >= 0.6 is 0 Å². The number of nitrogens with zero attached hydrogens (tertiary/aromatic N) is 2. The fourth-order valence-corrected chi connectivity index (χ4v) is 5.57. The van der Waals surface area contributed by atoms with Gasteiger partial charge in [-0.05, 0) is 42.3 Å². The average Bonchev–Trinajstić information content (AvgIpc) is 3.23. The van der Waals surface area contributed by atoms with Crippen LogP contribution in [0.4, 0.5) is 17.6 Å². The molecule has 1 saturated heterocycles. The number of nitrogens with one attached hydrogen (secondary N) is 1. The first kappa shape index (κ1) is 25.1. The van der Waals surface area contributed by atoms with Gasteiger partial charge in [0.2, 0.25) is 10.0 Å². The molecule has 2 heterocycles. The molecule has 0 saturated carbocycles. The lowest BCUT2D eigenvalue weighted by Crippen LogP contribution is -2.47. The van der Waals surface area contributed by atoms with Crippen molar-refractivity contribution < 1.29 is 35.6 Å². The Bertz CT molecular complexity index is 1220. The Morgan fingerprint density at radius 1 is 1.11 bits per heavy atom. The molecule has 0 unspecified atom stereocenters. The third kappa shape index (κ3) is 5.64. The topological polar surface area (TPSA) is 88.1 Å². The highest BCUT2D eigenvalue weighted by atomic mass is 32.2. The number of alkyl halides is 3. The summed E-state index contributed by atoms with van der Waals surface area (Å²) in [6.45, 7) is 0.426. The van der Waals surface area contributed by atoms with Crippen LogP contribution in [0.1, 0.15) is 30.4 Å². The minimum Gasteiger partial charge on any atom is -0.388 e. The van der Waals surface area contributed by atoms with Crippen molar-refractivity contribution in [1.29, 1.82) is 0 Å². The van der Waals surface area contributed by atoms with Gasteiger partial charge < -0.3 is 10.2 Å². The Balaban J connectivity index is 1.27. The summed E-state index contributed by atoms with van der Waals surface area (Å²) in [6.07, 6.45) is -3.38. The molecule has 1 fully saturated rings. The summed E-state index contributed by atoms with van der Waals surface area (Å²) in [5.74, 6) is -1.01. The standard InChI is InChI=1S/C23H23F4N3O4S/c24-18-4-6-19(7-5-18)35(32,33)30-12-9-22(10-13-30)15-20(29-34-22)21(31)28-11-8-16-2-1-3-17(14-16)23(25,26)27/h1-7,14H,8-13,15H2,(H,28,31). The molecule has 1 spiro atoms. The average molecular weight is 514 g/mol. The van der Waals surface area contributed by atoms with Crippen molar-refractivity contribution in [3.63, 3.8) is 0 Å². The summed E-state index contributed by atoms with van der Waals surface area (Å²) in [5, 5.41) is 6.53. The number of rotatable bonds is 6. The van der Waals surface area contributed by atoms with Crippen molar-refractivity contribution >= 4 is 21.6 Å². The van der Waals surface area contributed by atoms with E-state index in [1.165, 1.54) is 22.5 Å². The molecular weight excluding hydrogens is 490 g/mol. The van der Waals surface area contributed by atoms with Gasteiger partial charge >= 0.3 is 6.18 Å². The molecule has 188 valence electrons. The van der Waals surface area contributed by atoms with Gasteiger partial charge in [-0.15, -0.1) is 0 Å². The zero-order valence-electron chi connectivity index (χ0n) is 18.5. The molecule has 4 rings (SSSR count). The number of benzene rings is 2.